The number of anilines is 1. The third-order valence-corrected chi connectivity index (χ3v) is 3.56. The molecular formula is C15H21N3O3. The second-order valence-corrected chi connectivity index (χ2v) is 5.07. The molecule has 6 nitrogen and oxygen atoms in total. The zero-order valence-electron chi connectivity index (χ0n) is 12.5. The largest absolute Gasteiger partial charge is 0.478 e. The molecule has 114 valence electrons. The average Bonchev–Trinajstić information content (AvgIpc) is 2.47. The molecule has 6 heteroatoms. The zero-order chi connectivity index (χ0) is 15.4. The summed E-state index contributed by atoms with van der Waals surface area (Å²) in [6, 6.07) is 3.58. The number of hydrogen-bond donors (Lipinski definition) is 1. The molecule has 0 saturated carbocycles. The minimum Gasteiger partial charge on any atom is -0.478 e. The highest BCUT2D eigenvalue weighted by Crippen LogP contribution is 2.30. The van der Waals surface area contributed by atoms with Gasteiger partial charge in [-0.05, 0) is 19.4 Å². The number of rotatable bonds is 6. The van der Waals surface area contributed by atoms with Crippen molar-refractivity contribution in [1.82, 2.24) is 4.98 Å². The quantitative estimate of drug-likeness (QED) is 0.800. The van der Waals surface area contributed by atoms with Crippen LogP contribution in [0.25, 0.3) is 0 Å². The lowest BCUT2D eigenvalue weighted by Gasteiger charge is -2.33. The molecule has 0 aliphatic carbocycles. The van der Waals surface area contributed by atoms with Crippen molar-refractivity contribution in [3.05, 3.63) is 17.8 Å². The van der Waals surface area contributed by atoms with E-state index < -0.39 is 11.8 Å². The highest BCUT2D eigenvalue weighted by molar-refractivity contribution is 6.13. The summed E-state index contributed by atoms with van der Waals surface area (Å²) >= 11 is 0. The van der Waals surface area contributed by atoms with Crippen LogP contribution < -0.4 is 15.4 Å². The Morgan fingerprint density at radius 1 is 1.48 bits per heavy atom. The molecule has 0 fully saturated rings. The summed E-state index contributed by atoms with van der Waals surface area (Å²) in [7, 11) is 0. The number of carbonyl (C=O) groups excluding carboxylic acids is 2. The van der Waals surface area contributed by atoms with E-state index in [1.165, 1.54) is 0 Å². The molecular weight excluding hydrogens is 270 g/mol. The Hall–Kier alpha value is -2.11. The van der Waals surface area contributed by atoms with Crippen molar-refractivity contribution in [1.29, 1.82) is 0 Å². The lowest BCUT2D eigenvalue weighted by atomic mass is 9.93. The molecule has 21 heavy (non-hydrogen) atoms. The van der Waals surface area contributed by atoms with Gasteiger partial charge in [-0.3, -0.25) is 9.59 Å². The van der Waals surface area contributed by atoms with E-state index in [1.54, 1.807) is 6.07 Å². The summed E-state index contributed by atoms with van der Waals surface area (Å²) < 4.78 is 5.33. The molecule has 1 aromatic rings. The SMILES string of the molecule is CCCCN1CC(C(N)=O)C(=O)c2nc(OCC)ccc21. The summed E-state index contributed by atoms with van der Waals surface area (Å²) in [4.78, 5) is 30.2. The van der Waals surface area contributed by atoms with Crippen LogP contribution in [-0.4, -0.2) is 36.4 Å². The van der Waals surface area contributed by atoms with Crippen molar-refractivity contribution in [2.75, 3.05) is 24.6 Å². The summed E-state index contributed by atoms with van der Waals surface area (Å²) in [6.45, 7) is 5.52. The van der Waals surface area contributed by atoms with Crippen molar-refractivity contribution in [3.8, 4) is 5.88 Å². The van der Waals surface area contributed by atoms with Crippen molar-refractivity contribution < 1.29 is 14.3 Å². The van der Waals surface area contributed by atoms with Crippen LogP contribution in [0.3, 0.4) is 0 Å². The smallest absolute Gasteiger partial charge is 0.230 e. The molecule has 1 aliphatic heterocycles. The third-order valence-electron chi connectivity index (χ3n) is 3.56. The van der Waals surface area contributed by atoms with Crippen molar-refractivity contribution in [2.24, 2.45) is 11.7 Å². The Balaban J connectivity index is 2.39. The predicted octanol–water partition coefficient (Wildman–Crippen LogP) is 1.38. The number of unbranched alkanes of at least 4 members (excludes halogenated alkanes) is 1. The van der Waals surface area contributed by atoms with Crippen LogP contribution in [0.4, 0.5) is 5.69 Å². The number of amides is 1. The molecule has 1 atom stereocenters. The molecule has 1 unspecified atom stereocenters. The third kappa shape index (κ3) is 3.15. The fourth-order valence-electron chi connectivity index (χ4n) is 2.45. The van der Waals surface area contributed by atoms with Crippen molar-refractivity contribution >= 4 is 17.4 Å². The first-order valence-electron chi connectivity index (χ1n) is 7.30. The number of ketones is 1. The van der Waals surface area contributed by atoms with Gasteiger partial charge in [-0.25, -0.2) is 4.98 Å². The van der Waals surface area contributed by atoms with Gasteiger partial charge in [0.15, 0.2) is 5.78 Å². The number of carbonyl (C=O) groups is 2. The maximum absolute atomic E-state index is 12.4. The van der Waals surface area contributed by atoms with Crippen LogP contribution in [0.2, 0.25) is 0 Å². The number of hydrogen-bond acceptors (Lipinski definition) is 5. The number of nitrogens with two attached hydrogens (primary N) is 1. The molecule has 0 radical (unpaired) electrons. The molecule has 1 aliphatic rings. The Kier molecular flexibility index (Phi) is 4.77. The molecule has 0 aromatic carbocycles. The van der Waals surface area contributed by atoms with Crippen LogP contribution in [-0.2, 0) is 4.79 Å². The van der Waals surface area contributed by atoms with E-state index in [2.05, 4.69) is 11.9 Å². The fraction of sp³-hybridized carbons (Fsp3) is 0.533. The standard InChI is InChI=1S/C15H21N3O3/c1-3-5-8-18-9-10(15(16)20)14(19)13-11(18)6-7-12(17-13)21-4-2/h6-7,10H,3-5,8-9H2,1-2H3,(H2,16,20). The highest BCUT2D eigenvalue weighted by Gasteiger charge is 2.36. The van der Waals surface area contributed by atoms with Gasteiger partial charge in [0.05, 0.1) is 12.3 Å². The second-order valence-electron chi connectivity index (χ2n) is 5.07. The van der Waals surface area contributed by atoms with Crippen LogP contribution >= 0.6 is 0 Å². The maximum Gasteiger partial charge on any atom is 0.230 e. The Morgan fingerprint density at radius 2 is 2.24 bits per heavy atom. The topological polar surface area (TPSA) is 85.5 Å². The van der Waals surface area contributed by atoms with Crippen LogP contribution in [0.15, 0.2) is 12.1 Å². The molecule has 1 amide bonds. The molecule has 2 heterocycles. The minimum absolute atomic E-state index is 0.284. The maximum atomic E-state index is 12.4. The van der Waals surface area contributed by atoms with Gasteiger partial charge in [0, 0.05) is 19.2 Å². The van der Waals surface area contributed by atoms with Gasteiger partial charge in [-0.15, -0.1) is 0 Å². The average molecular weight is 291 g/mol. The molecule has 2 N–H and O–H groups in total. The summed E-state index contributed by atoms with van der Waals surface area (Å²) in [5, 5.41) is 0. The Bertz CT molecular complexity index is 545. The number of nitrogens with zero attached hydrogens (tertiary/aromatic N) is 2. The van der Waals surface area contributed by atoms with Crippen molar-refractivity contribution in [2.45, 2.75) is 26.7 Å². The van der Waals surface area contributed by atoms with Gasteiger partial charge < -0.3 is 15.4 Å². The van der Waals surface area contributed by atoms with Gasteiger partial charge >= 0.3 is 0 Å². The highest BCUT2D eigenvalue weighted by atomic mass is 16.5. The van der Waals surface area contributed by atoms with Crippen molar-refractivity contribution in [3.63, 3.8) is 0 Å². The van der Waals surface area contributed by atoms with E-state index in [-0.39, 0.29) is 11.5 Å². The van der Waals surface area contributed by atoms with Gasteiger partial charge in [-0.1, -0.05) is 13.3 Å². The number of primary amides is 1. The minimum atomic E-state index is -0.835. The predicted molar refractivity (Wildman–Crippen MR) is 79.5 cm³/mol. The molecule has 0 saturated heterocycles. The number of ether oxygens (including phenoxy) is 1. The Labute approximate surface area is 124 Å². The van der Waals surface area contributed by atoms with Gasteiger partial charge in [0.25, 0.3) is 0 Å². The van der Waals surface area contributed by atoms with E-state index >= 15 is 0 Å². The normalized spacial score (nSPS) is 17.5. The van der Waals surface area contributed by atoms with Gasteiger partial charge in [0.1, 0.15) is 11.6 Å². The zero-order valence-corrected chi connectivity index (χ0v) is 12.5. The molecule has 0 spiro atoms. The fourth-order valence-corrected chi connectivity index (χ4v) is 2.45. The number of Topliss-reactive ketones (excluding diaryl/α,β-unsaturated/α-hetero) is 1. The van der Waals surface area contributed by atoms with Gasteiger partial charge in [0.2, 0.25) is 11.8 Å². The number of fused-ring (bicyclic) bond motifs is 1. The first-order valence-corrected chi connectivity index (χ1v) is 7.30. The molecule has 1 aromatic heterocycles. The van der Waals surface area contributed by atoms with E-state index in [0.29, 0.717) is 19.0 Å². The van der Waals surface area contributed by atoms with E-state index in [4.69, 9.17) is 10.5 Å². The first-order chi connectivity index (χ1) is 10.1. The Morgan fingerprint density at radius 3 is 2.86 bits per heavy atom. The van der Waals surface area contributed by atoms with E-state index in [1.807, 2.05) is 17.9 Å². The van der Waals surface area contributed by atoms with Crippen LogP contribution in [0.1, 0.15) is 37.2 Å². The van der Waals surface area contributed by atoms with E-state index in [0.717, 1.165) is 25.1 Å². The van der Waals surface area contributed by atoms with Gasteiger partial charge in [-0.2, -0.15) is 0 Å². The lowest BCUT2D eigenvalue weighted by Crippen LogP contribution is -2.46. The first kappa shape index (κ1) is 15.3. The summed E-state index contributed by atoms with van der Waals surface area (Å²) in [5.41, 5.74) is 6.40. The number of pyridine rings is 1. The van der Waals surface area contributed by atoms with Crippen LogP contribution in [0.5, 0.6) is 5.88 Å². The summed E-state index contributed by atoms with van der Waals surface area (Å²) in [5.74, 6) is -1.36. The van der Waals surface area contributed by atoms with Crippen LogP contribution in [0, 0.1) is 5.92 Å². The second kappa shape index (κ2) is 6.56. The number of aromatic nitrogens is 1. The molecule has 0 bridgehead atoms. The lowest BCUT2D eigenvalue weighted by molar-refractivity contribution is -0.120. The van der Waals surface area contributed by atoms with E-state index in [9.17, 15) is 9.59 Å². The summed E-state index contributed by atoms with van der Waals surface area (Å²) in [6.07, 6.45) is 2.01. The molecule has 2 rings (SSSR count). The monoisotopic (exact) mass is 291 g/mol.